The van der Waals surface area contributed by atoms with Crippen molar-refractivity contribution < 1.29 is 14.6 Å². The van der Waals surface area contributed by atoms with E-state index in [2.05, 4.69) is 10.6 Å². The molecule has 5 nitrogen and oxygen atoms in total. The zero-order valence-electron chi connectivity index (χ0n) is 14.7. The smallest absolute Gasteiger partial charge is 0.315 e. The molecule has 1 aliphatic carbocycles. The highest BCUT2D eigenvalue weighted by atomic mass is 16.5. The SMILES string of the molecule is COC1CCCCC1NC(=O)NCC(CC(C)O)c1ccccc1. The third-order valence-electron chi connectivity index (χ3n) is 4.73. The highest BCUT2D eigenvalue weighted by Crippen LogP contribution is 2.22. The van der Waals surface area contributed by atoms with Crippen molar-refractivity contribution in [1.29, 1.82) is 0 Å². The number of carbonyl (C=O) groups excluding carboxylic acids is 1. The predicted octanol–water partition coefficient (Wildman–Crippen LogP) is 2.80. The molecule has 1 aromatic carbocycles. The Labute approximate surface area is 144 Å². The highest BCUT2D eigenvalue weighted by Gasteiger charge is 2.26. The lowest BCUT2D eigenvalue weighted by molar-refractivity contribution is 0.0452. The number of carbonyl (C=O) groups is 1. The van der Waals surface area contributed by atoms with E-state index >= 15 is 0 Å². The van der Waals surface area contributed by atoms with E-state index in [-0.39, 0.29) is 24.1 Å². The van der Waals surface area contributed by atoms with Gasteiger partial charge >= 0.3 is 6.03 Å². The Hall–Kier alpha value is -1.59. The number of ether oxygens (including phenoxy) is 1. The maximum atomic E-state index is 12.3. The highest BCUT2D eigenvalue weighted by molar-refractivity contribution is 5.74. The first-order valence-electron chi connectivity index (χ1n) is 8.90. The minimum Gasteiger partial charge on any atom is -0.393 e. The fraction of sp³-hybridized carbons (Fsp3) is 0.632. The fourth-order valence-corrected chi connectivity index (χ4v) is 3.45. The molecule has 1 aromatic rings. The lowest BCUT2D eigenvalue weighted by Crippen LogP contribution is -2.50. The van der Waals surface area contributed by atoms with Crippen molar-refractivity contribution in [2.45, 2.75) is 63.2 Å². The van der Waals surface area contributed by atoms with Crippen molar-refractivity contribution in [2.24, 2.45) is 0 Å². The lowest BCUT2D eigenvalue weighted by Gasteiger charge is -2.31. The molecule has 0 aromatic heterocycles. The van der Waals surface area contributed by atoms with Gasteiger partial charge in [0.25, 0.3) is 0 Å². The second-order valence-electron chi connectivity index (χ2n) is 6.71. The summed E-state index contributed by atoms with van der Waals surface area (Å²) in [5.41, 5.74) is 1.13. The first kappa shape index (κ1) is 18.7. The van der Waals surface area contributed by atoms with Crippen molar-refractivity contribution in [2.75, 3.05) is 13.7 Å². The topological polar surface area (TPSA) is 70.6 Å². The summed E-state index contributed by atoms with van der Waals surface area (Å²) in [5.74, 6) is 0.0986. The molecule has 4 unspecified atom stereocenters. The third-order valence-corrected chi connectivity index (χ3v) is 4.73. The van der Waals surface area contributed by atoms with Gasteiger partial charge in [-0.2, -0.15) is 0 Å². The van der Waals surface area contributed by atoms with Crippen molar-refractivity contribution in [1.82, 2.24) is 10.6 Å². The molecule has 2 amide bonds. The number of benzene rings is 1. The molecule has 24 heavy (non-hydrogen) atoms. The molecule has 3 N–H and O–H groups in total. The summed E-state index contributed by atoms with van der Waals surface area (Å²) < 4.78 is 5.48. The van der Waals surface area contributed by atoms with Gasteiger partial charge in [0, 0.05) is 19.6 Å². The first-order chi connectivity index (χ1) is 11.6. The molecular formula is C19H30N2O3. The molecule has 5 heteroatoms. The summed E-state index contributed by atoms with van der Waals surface area (Å²) in [6.45, 7) is 2.28. The first-order valence-corrected chi connectivity index (χ1v) is 8.90. The van der Waals surface area contributed by atoms with Gasteiger partial charge in [-0.1, -0.05) is 43.2 Å². The molecule has 0 spiro atoms. The van der Waals surface area contributed by atoms with Crippen LogP contribution in [0.1, 0.15) is 50.5 Å². The fourth-order valence-electron chi connectivity index (χ4n) is 3.45. The van der Waals surface area contributed by atoms with Gasteiger partial charge in [0.15, 0.2) is 0 Å². The molecule has 0 saturated heterocycles. The molecule has 1 fully saturated rings. The Morgan fingerprint density at radius 2 is 2.00 bits per heavy atom. The maximum absolute atomic E-state index is 12.3. The van der Waals surface area contributed by atoms with Crippen LogP contribution >= 0.6 is 0 Å². The van der Waals surface area contributed by atoms with Gasteiger partial charge in [0.05, 0.1) is 18.2 Å². The third kappa shape index (κ3) is 5.80. The van der Waals surface area contributed by atoms with Crippen LogP contribution in [-0.4, -0.2) is 43.0 Å². The maximum Gasteiger partial charge on any atom is 0.315 e. The number of rotatable bonds is 7. The Morgan fingerprint density at radius 1 is 1.29 bits per heavy atom. The number of hydrogen-bond acceptors (Lipinski definition) is 3. The van der Waals surface area contributed by atoms with Crippen LogP contribution in [0.4, 0.5) is 4.79 Å². The normalized spacial score (nSPS) is 23.3. The van der Waals surface area contributed by atoms with Crippen molar-refractivity contribution in [3.05, 3.63) is 35.9 Å². The van der Waals surface area contributed by atoms with Crippen molar-refractivity contribution in [3.8, 4) is 0 Å². The molecule has 0 aliphatic heterocycles. The molecule has 1 saturated carbocycles. The molecule has 0 radical (unpaired) electrons. The van der Waals surface area contributed by atoms with Crippen LogP contribution in [0, 0.1) is 0 Å². The van der Waals surface area contributed by atoms with Gasteiger partial charge in [0.2, 0.25) is 0 Å². The van der Waals surface area contributed by atoms with E-state index in [0.717, 1.165) is 31.2 Å². The Kier molecular flexibility index (Phi) is 7.53. The molecule has 134 valence electrons. The van der Waals surface area contributed by atoms with E-state index in [9.17, 15) is 9.90 Å². The van der Waals surface area contributed by atoms with E-state index in [0.29, 0.717) is 13.0 Å². The van der Waals surface area contributed by atoms with Gasteiger partial charge in [-0.05, 0) is 31.7 Å². The minimum absolute atomic E-state index is 0.0793. The number of aliphatic hydroxyl groups is 1. The molecule has 2 rings (SSSR count). The van der Waals surface area contributed by atoms with E-state index in [1.54, 1.807) is 14.0 Å². The number of hydrogen-bond donors (Lipinski definition) is 3. The molecule has 0 heterocycles. The molecular weight excluding hydrogens is 304 g/mol. The molecule has 4 atom stereocenters. The van der Waals surface area contributed by atoms with E-state index in [4.69, 9.17) is 4.74 Å². The number of urea groups is 1. The Bertz CT molecular complexity index is 493. The van der Waals surface area contributed by atoms with Gasteiger partial charge in [0.1, 0.15) is 0 Å². The largest absolute Gasteiger partial charge is 0.393 e. The average Bonchev–Trinajstić information content (AvgIpc) is 2.59. The van der Waals surface area contributed by atoms with Gasteiger partial charge in [-0.15, -0.1) is 0 Å². The predicted molar refractivity (Wildman–Crippen MR) is 95.1 cm³/mol. The summed E-state index contributed by atoms with van der Waals surface area (Å²) in [4.78, 5) is 12.3. The summed E-state index contributed by atoms with van der Waals surface area (Å²) >= 11 is 0. The van der Waals surface area contributed by atoms with Crippen LogP contribution < -0.4 is 10.6 Å². The zero-order chi connectivity index (χ0) is 17.4. The lowest BCUT2D eigenvalue weighted by atomic mass is 9.92. The van der Waals surface area contributed by atoms with Crippen molar-refractivity contribution >= 4 is 6.03 Å². The summed E-state index contributed by atoms with van der Waals surface area (Å²) in [5, 5.41) is 15.7. The zero-order valence-corrected chi connectivity index (χ0v) is 14.7. The van der Waals surface area contributed by atoms with E-state index in [1.165, 1.54) is 0 Å². The van der Waals surface area contributed by atoms with Crippen LogP contribution in [0.3, 0.4) is 0 Å². The van der Waals surface area contributed by atoms with Gasteiger partial charge in [-0.3, -0.25) is 0 Å². The quantitative estimate of drug-likeness (QED) is 0.718. The van der Waals surface area contributed by atoms with Crippen LogP contribution in [0.5, 0.6) is 0 Å². The van der Waals surface area contributed by atoms with Gasteiger partial charge < -0.3 is 20.5 Å². The minimum atomic E-state index is -0.406. The van der Waals surface area contributed by atoms with Crippen LogP contribution in [0.2, 0.25) is 0 Å². The standard InChI is InChI=1S/C19H30N2O3/c1-14(22)12-16(15-8-4-3-5-9-15)13-20-19(23)21-17-10-6-7-11-18(17)24-2/h3-5,8-9,14,16-18,22H,6-7,10-13H2,1-2H3,(H2,20,21,23). The van der Waals surface area contributed by atoms with E-state index < -0.39 is 6.10 Å². The summed E-state index contributed by atoms with van der Waals surface area (Å²) in [6, 6.07) is 9.93. The number of methoxy groups -OCH3 is 1. The molecule has 0 bridgehead atoms. The van der Waals surface area contributed by atoms with Crippen LogP contribution in [0.15, 0.2) is 30.3 Å². The Morgan fingerprint density at radius 3 is 2.67 bits per heavy atom. The second-order valence-corrected chi connectivity index (χ2v) is 6.71. The second kappa shape index (κ2) is 9.64. The van der Waals surface area contributed by atoms with Crippen LogP contribution in [-0.2, 0) is 4.74 Å². The number of amides is 2. The van der Waals surface area contributed by atoms with Gasteiger partial charge in [-0.25, -0.2) is 4.79 Å². The van der Waals surface area contributed by atoms with E-state index in [1.807, 2.05) is 30.3 Å². The van der Waals surface area contributed by atoms with Crippen molar-refractivity contribution in [3.63, 3.8) is 0 Å². The summed E-state index contributed by atoms with van der Waals surface area (Å²) in [6.07, 6.45) is 4.55. The Balaban J connectivity index is 1.87. The average molecular weight is 334 g/mol. The number of aliphatic hydroxyl groups excluding tert-OH is 1. The number of nitrogens with one attached hydrogen (secondary N) is 2. The summed E-state index contributed by atoms with van der Waals surface area (Å²) in [7, 11) is 1.71. The monoisotopic (exact) mass is 334 g/mol. The molecule has 1 aliphatic rings. The van der Waals surface area contributed by atoms with Crippen LogP contribution in [0.25, 0.3) is 0 Å².